The van der Waals surface area contributed by atoms with Crippen molar-refractivity contribution in [2.45, 2.75) is 70.6 Å². The van der Waals surface area contributed by atoms with Crippen LogP contribution >= 0.6 is 23.2 Å². The molecule has 3 aromatic heterocycles. The van der Waals surface area contributed by atoms with Crippen molar-refractivity contribution in [1.29, 1.82) is 0 Å². The number of nitrogens with zero attached hydrogens (tertiary/aromatic N) is 8. The van der Waals surface area contributed by atoms with Crippen molar-refractivity contribution >= 4 is 51.8 Å². The molecule has 3 aliphatic rings. The van der Waals surface area contributed by atoms with Gasteiger partial charge in [-0.15, -0.1) is 0 Å². The van der Waals surface area contributed by atoms with E-state index < -0.39 is 28.8 Å². The Bertz CT molecular complexity index is 2030. The lowest BCUT2D eigenvalue weighted by Gasteiger charge is -2.44. The van der Waals surface area contributed by atoms with Crippen LogP contribution in [-0.2, 0) is 6.18 Å². The van der Waals surface area contributed by atoms with Crippen LogP contribution in [0.25, 0.3) is 22.2 Å². The highest BCUT2D eigenvalue weighted by molar-refractivity contribution is 6.34. The maximum absolute atomic E-state index is 17.0. The number of nitrogens with two attached hydrogens (primary N) is 1. The highest BCUT2D eigenvalue weighted by atomic mass is 35.5. The van der Waals surface area contributed by atoms with Gasteiger partial charge in [-0.05, 0) is 81.9 Å². The Morgan fingerprint density at radius 1 is 1.12 bits per heavy atom. The SMILES string of the molecule is CCC1CN(c2nc(OC[C@]34CCC[C@H]3N(C)CCC4)nc3c(F)c(-c4nc(N)cc(C)c4C(F)(F)F)c(Cl)cc23)CCN1C(=O)n1ccnc1Cl. The molecule has 7 rings (SSSR count). The molecule has 278 valence electrons. The number of benzene rings is 1. The van der Waals surface area contributed by atoms with E-state index in [0.29, 0.717) is 25.6 Å². The molecule has 4 aromatic rings. The molecule has 2 N–H and O–H groups in total. The van der Waals surface area contributed by atoms with Gasteiger partial charge in [0.25, 0.3) is 0 Å². The van der Waals surface area contributed by atoms with Crippen molar-refractivity contribution in [2.75, 3.05) is 50.5 Å². The van der Waals surface area contributed by atoms with E-state index in [1.165, 1.54) is 30.0 Å². The minimum Gasteiger partial charge on any atom is -0.463 e. The summed E-state index contributed by atoms with van der Waals surface area (Å²) in [5.41, 5.74) is 2.81. The minimum atomic E-state index is -4.88. The normalized spacial score (nSPS) is 22.6. The fourth-order valence-electron chi connectivity index (χ4n) is 8.52. The molecule has 1 aromatic carbocycles. The zero-order chi connectivity index (χ0) is 37.1. The fourth-order valence-corrected chi connectivity index (χ4v) is 8.99. The van der Waals surface area contributed by atoms with Gasteiger partial charge in [0.1, 0.15) is 17.2 Å². The lowest BCUT2D eigenvalue weighted by Crippen LogP contribution is -2.56. The number of piperazine rings is 1. The van der Waals surface area contributed by atoms with Crippen LogP contribution in [0, 0.1) is 18.2 Å². The van der Waals surface area contributed by atoms with Crippen LogP contribution in [0.4, 0.5) is 34.0 Å². The number of imidazole rings is 1. The van der Waals surface area contributed by atoms with Gasteiger partial charge in [-0.3, -0.25) is 0 Å². The monoisotopic (exact) mass is 763 g/mol. The van der Waals surface area contributed by atoms with Gasteiger partial charge in [-0.1, -0.05) is 24.9 Å². The fraction of sp³-hybridized carbons (Fsp3) is 0.514. The number of hydrogen-bond acceptors (Lipinski definition) is 9. The average Bonchev–Trinajstić information content (AvgIpc) is 3.73. The van der Waals surface area contributed by atoms with Gasteiger partial charge in [0, 0.05) is 48.9 Å². The van der Waals surface area contributed by atoms with Crippen LogP contribution in [0.1, 0.15) is 56.6 Å². The van der Waals surface area contributed by atoms with E-state index in [9.17, 15) is 18.0 Å². The summed E-state index contributed by atoms with van der Waals surface area (Å²) < 4.78 is 67.9. The summed E-state index contributed by atoms with van der Waals surface area (Å²) in [5, 5.41) is -0.104. The lowest BCUT2D eigenvalue weighted by atomic mass is 9.76. The van der Waals surface area contributed by atoms with Gasteiger partial charge in [0.2, 0.25) is 5.28 Å². The number of likely N-dealkylation sites (tertiary alicyclic amines) is 1. The van der Waals surface area contributed by atoms with Crippen molar-refractivity contribution in [3.05, 3.63) is 51.8 Å². The maximum atomic E-state index is 17.0. The number of pyridine rings is 1. The Hall–Kier alpha value is -3.95. The number of piperidine rings is 1. The quantitative estimate of drug-likeness (QED) is 0.200. The first-order valence-corrected chi connectivity index (χ1v) is 18.1. The third-order valence-electron chi connectivity index (χ3n) is 11.0. The number of anilines is 2. The Morgan fingerprint density at radius 3 is 2.60 bits per heavy atom. The van der Waals surface area contributed by atoms with Crippen molar-refractivity contribution < 1.29 is 27.1 Å². The van der Waals surface area contributed by atoms with Crippen LogP contribution in [0.5, 0.6) is 6.01 Å². The third kappa shape index (κ3) is 6.38. The molecule has 0 radical (unpaired) electrons. The summed E-state index contributed by atoms with van der Waals surface area (Å²) in [6, 6.07) is 2.02. The second-order valence-electron chi connectivity index (χ2n) is 14.1. The number of carbonyl (C=O) groups is 1. The zero-order valence-corrected chi connectivity index (χ0v) is 30.5. The summed E-state index contributed by atoms with van der Waals surface area (Å²) in [7, 11) is 2.12. The molecular weight excluding hydrogens is 725 g/mol. The lowest BCUT2D eigenvalue weighted by molar-refractivity contribution is -0.137. The minimum absolute atomic E-state index is 0.0402. The van der Waals surface area contributed by atoms with Crippen LogP contribution in [0.3, 0.4) is 0 Å². The van der Waals surface area contributed by atoms with E-state index in [1.54, 1.807) is 4.90 Å². The highest BCUT2D eigenvalue weighted by Crippen LogP contribution is 2.48. The van der Waals surface area contributed by atoms with E-state index >= 15 is 4.39 Å². The molecule has 1 unspecified atom stereocenters. The number of amides is 1. The number of ether oxygens (including phenoxy) is 1. The Labute approximate surface area is 308 Å². The molecule has 11 nitrogen and oxygen atoms in total. The molecule has 1 aliphatic carbocycles. The van der Waals surface area contributed by atoms with Gasteiger partial charge in [0.05, 0.1) is 34.5 Å². The molecule has 17 heteroatoms. The number of fused-ring (bicyclic) bond motifs is 2. The average molecular weight is 765 g/mol. The van der Waals surface area contributed by atoms with E-state index in [1.807, 2.05) is 11.8 Å². The summed E-state index contributed by atoms with van der Waals surface area (Å²) in [6.07, 6.45) is 3.65. The second-order valence-corrected chi connectivity index (χ2v) is 14.8. The molecular formula is C35H39Cl2F4N9O2. The summed E-state index contributed by atoms with van der Waals surface area (Å²) in [6.45, 7) is 5.32. The van der Waals surface area contributed by atoms with Gasteiger partial charge in [-0.2, -0.15) is 23.1 Å². The predicted octanol–water partition coefficient (Wildman–Crippen LogP) is 7.46. The summed E-state index contributed by atoms with van der Waals surface area (Å²) >= 11 is 12.8. The molecule has 52 heavy (non-hydrogen) atoms. The van der Waals surface area contributed by atoms with E-state index in [4.69, 9.17) is 38.7 Å². The zero-order valence-electron chi connectivity index (χ0n) is 29.0. The van der Waals surface area contributed by atoms with Gasteiger partial charge in [0.15, 0.2) is 5.82 Å². The van der Waals surface area contributed by atoms with Crippen molar-refractivity contribution in [2.24, 2.45) is 5.41 Å². The summed E-state index contributed by atoms with van der Waals surface area (Å²) in [5.74, 6) is -1.04. The Morgan fingerprint density at radius 2 is 1.88 bits per heavy atom. The first kappa shape index (κ1) is 36.4. The van der Waals surface area contributed by atoms with Gasteiger partial charge in [-0.25, -0.2) is 23.7 Å². The van der Waals surface area contributed by atoms with Crippen LogP contribution < -0.4 is 15.4 Å². The van der Waals surface area contributed by atoms with Crippen LogP contribution in [-0.4, -0.2) is 92.3 Å². The third-order valence-corrected chi connectivity index (χ3v) is 11.5. The molecule has 3 atom stereocenters. The van der Waals surface area contributed by atoms with Gasteiger partial charge < -0.3 is 25.2 Å². The topological polar surface area (TPSA) is 119 Å². The van der Waals surface area contributed by atoms with Crippen molar-refractivity contribution in [1.82, 2.24) is 34.3 Å². The summed E-state index contributed by atoms with van der Waals surface area (Å²) in [4.78, 5) is 36.6. The Kier molecular flexibility index (Phi) is 9.66. The number of alkyl halides is 3. The molecule has 2 aliphatic heterocycles. The second kappa shape index (κ2) is 13.8. The number of nitrogen functional groups attached to an aromatic ring is 1. The number of hydrogen-bond donors (Lipinski definition) is 1. The van der Waals surface area contributed by atoms with Crippen molar-refractivity contribution in [3.8, 4) is 17.3 Å². The largest absolute Gasteiger partial charge is 0.463 e. The predicted molar refractivity (Wildman–Crippen MR) is 190 cm³/mol. The standard InChI is InChI=1S/C35H39Cl2F4N9O2/c1-4-20-17-48(13-14-49(20)33(51)50-12-10-43-31(50)37)30-21-16-22(36)25(29-26(35(39,40)41)19(2)15-24(42)44-29)27(38)28(21)45-32(46-30)52-18-34-8-5-7-23(34)47(3)11-6-9-34/h10,12,15-16,20,23H,4-9,11,13-14,17-18H2,1-3H3,(H2,42,44)/t20?,23-,34-/m1/s1. The van der Waals surface area contributed by atoms with Gasteiger partial charge >= 0.3 is 18.2 Å². The molecule has 1 saturated carbocycles. The number of aromatic nitrogens is 5. The number of aryl methyl sites for hydroxylation is 1. The number of rotatable bonds is 6. The van der Waals surface area contributed by atoms with Crippen LogP contribution in [0.15, 0.2) is 24.5 Å². The number of carbonyl (C=O) groups excluding carboxylic acids is 1. The first-order valence-electron chi connectivity index (χ1n) is 17.3. The Balaban J connectivity index is 1.34. The molecule has 0 spiro atoms. The first-order chi connectivity index (χ1) is 24.7. The maximum Gasteiger partial charge on any atom is 0.418 e. The molecule has 1 amide bonds. The molecule has 3 fully saturated rings. The van der Waals surface area contributed by atoms with Crippen LogP contribution in [0.2, 0.25) is 10.3 Å². The van der Waals surface area contributed by atoms with Crippen molar-refractivity contribution in [3.63, 3.8) is 0 Å². The van der Waals surface area contributed by atoms with E-state index in [0.717, 1.165) is 44.7 Å². The van der Waals surface area contributed by atoms with E-state index in [2.05, 4.69) is 26.9 Å². The number of halogens is 6. The molecule has 5 heterocycles. The highest BCUT2D eigenvalue weighted by Gasteiger charge is 2.47. The smallest absolute Gasteiger partial charge is 0.418 e. The van der Waals surface area contributed by atoms with E-state index in [-0.39, 0.29) is 75.0 Å². The molecule has 2 saturated heterocycles. The molecule has 0 bridgehead atoms.